The van der Waals surface area contributed by atoms with E-state index in [1.165, 1.54) is 0 Å². The Kier molecular flexibility index (Phi) is 3.57. The molecule has 73 valence electrons. The molecule has 0 aromatic rings. The zero-order valence-corrected chi connectivity index (χ0v) is 12.5. The van der Waals surface area contributed by atoms with Crippen molar-refractivity contribution < 1.29 is 20.9 Å². The van der Waals surface area contributed by atoms with Gasteiger partial charge in [0, 0.05) is 0 Å². The van der Waals surface area contributed by atoms with Gasteiger partial charge in [0.15, 0.2) is 0 Å². The van der Waals surface area contributed by atoms with Crippen LogP contribution < -0.4 is 0 Å². The van der Waals surface area contributed by atoms with Gasteiger partial charge >= 0.3 is 95.8 Å². The van der Waals surface area contributed by atoms with E-state index in [1.807, 2.05) is 0 Å². The summed E-state index contributed by atoms with van der Waals surface area (Å²) in [5.41, 5.74) is 0. The number of hydrogen-bond donors (Lipinski definition) is 0. The van der Waals surface area contributed by atoms with Crippen LogP contribution in [-0.2, 0) is 20.9 Å². The summed E-state index contributed by atoms with van der Waals surface area (Å²) in [4.78, 5) is 0. The Balaban J connectivity index is 2.15. The summed E-state index contributed by atoms with van der Waals surface area (Å²) in [6.07, 6.45) is 18.7. The SMILES string of the molecule is C[SiH](C)[Zr]([CH]1C=CC=C1)[CH]1C=CC=C1. The molecular formula is C12H17SiZr. The number of hydrogen-bond acceptors (Lipinski definition) is 0. The summed E-state index contributed by atoms with van der Waals surface area (Å²) in [5, 5.41) is 0. The Morgan fingerprint density at radius 2 is 1.14 bits per heavy atom. The molecule has 0 heterocycles. The van der Waals surface area contributed by atoms with E-state index in [-0.39, 0.29) is 0 Å². The van der Waals surface area contributed by atoms with Gasteiger partial charge in [-0.3, -0.25) is 0 Å². The topological polar surface area (TPSA) is 0 Å². The normalized spacial score (nSPS) is 20.5. The van der Waals surface area contributed by atoms with Gasteiger partial charge in [0.05, 0.1) is 0 Å². The second-order valence-corrected chi connectivity index (χ2v) is 24.7. The zero-order chi connectivity index (χ0) is 9.97. The van der Waals surface area contributed by atoms with Crippen molar-refractivity contribution in [3.8, 4) is 0 Å². The van der Waals surface area contributed by atoms with Crippen molar-refractivity contribution in [3.05, 3.63) is 48.6 Å². The van der Waals surface area contributed by atoms with E-state index in [9.17, 15) is 0 Å². The minimum absolute atomic E-state index is 0.400. The summed E-state index contributed by atoms with van der Waals surface area (Å²) in [7, 11) is 0. The van der Waals surface area contributed by atoms with Gasteiger partial charge in [-0.2, -0.15) is 0 Å². The van der Waals surface area contributed by atoms with Crippen molar-refractivity contribution in [1.82, 2.24) is 0 Å². The molecule has 0 radical (unpaired) electrons. The molecule has 2 heteroatoms. The van der Waals surface area contributed by atoms with Gasteiger partial charge in [0.1, 0.15) is 0 Å². The quantitative estimate of drug-likeness (QED) is 0.695. The third-order valence-corrected chi connectivity index (χ3v) is 24.3. The van der Waals surface area contributed by atoms with Crippen molar-refractivity contribution in [1.29, 1.82) is 0 Å². The van der Waals surface area contributed by atoms with Crippen LogP contribution in [0.5, 0.6) is 0 Å². The predicted octanol–water partition coefficient (Wildman–Crippen LogP) is 3.42. The van der Waals surface area contributed by atoms with Gasteiger partial charge in [-0.05, 0) is 0 Å². The Hall–Kier alpha value is 0.0600. The Morgan fingerprint density at radius 3 is 1.43 bits per heavy atom. The monoisotopic (exact) mass is 279 g/mol. The van der Waals surface area contributed by atoms with Gasteiger partial charge in [0.2, 0.25) is 0 Å². The van der Waals surface area contributed by atoms with Crippen molar-refractivity contribution in [2.75, 3.05) is 0 Å². The summed E-state index contributed by atoms with van der Waals surface area (Å²) < 4.78 is 1.78. The van der Waals surface area contributed by atoms with Gasteiger partial charge in [-0.15, -0.1) is 0 Å². The summed E-state index contributed by atoms with van der Waals surface area (Å²) >= 11 is -1.24. The van der Waals surface area contributed by atoms with Gasteiger partial charge in [-0.25, -0.2) is 0 Å². The fraction of sp³-hybridized carbons (Fsp3) is 0.333. The first kappa shape index (κ1) is 10.6. The number of rotatable bonds is 3. The molecule has 0 amide bonds. The average molecular weight is 281 g/mol. The molecule has 0 aromatic carbocycles. The molecule has 0 aromatic heterocycles. The fourth-order valence-electron chi connectivity index (χ4n) is 2.30. The average Bonchev–Trinajstić information content (AvgIpc) is 2.75. The molecule has 0 bridgehead atoms. The first-order valence-corrected chi connectivity index (χ1v) is 15.3. The predicted molar refractivity (Wildman–Crippen MR) is 62.9 cm³/mol. The third kappa shape index (κ3) is 2.17. The van der Waals surface area contributed by atoms with Gasteiger partial charge in [0.25, 0.3) is 0 Å². The fourth-order valence-corrected chi connectivity index (χ4v) is 22.2. The molecule has 0 atom stereocenters. The first-order valence-electron chi connectivity index (χ1n) is 5.35. The van der Waals surface area contributed by atoms with Crippen LogP contribution in [0.2, 0.25) is 20.3 Å². The van der Waals surface area contributed by atoms with E-state index < -0.39 is 26.8 Å². The van der Waals surface area contributed by atoms with E-state index in [1.54, 1.807) is 0 Å². The van der Waals surface area contributed by atoms with Crippen LogP contribution in [0.1, 0.15) is 0 Å². The molecule has 2 aliphatic rings. The maximum atomic E-state index is 2.55. The van der Waals surface area contributed by atoms with Crippen LogP contribution in [0.3, 0.4) is 0 Å². The van der Waals surface area contributed by atoms with E-state index in [0.717, 1.165) is 7.25 Å². The molecule has 0 saturated heterocycles. The van der Waals surface area contributed by atoms with E-state index in [2.05, 4.69) is 61.7 Å². The Bertz CT molecular complexity index is 260. The molecule has 0 aliphatic heterocycles. The zero-order valence-electron chi connectivity index (χ0n) is 8.85. The Morgan fingerprint density at radius 1 is 0.786 bits per heavy atom. The van der Waals surface area contributed by atoms with Gasteiger partial charge in [-0.1, -0.05) is 0 Å². The molecule has 0 saturated carbocycles. The maximum absolute atomic E-state index is 2.55. The van der Waals surface area contributed by atoms with Crippen molar-refractivity contribution >= 4 is 5.92 Å². The second kappa shape index (κ2) is 4.72. The standard InChI is InChI=1S/2C5H5.C2H7Si.Zr/c2*1-2-4-5-3-1;1-3-2;/h2*1-5H;3H,1-2H3;. The van der Waals surface area contributed by atoms with Crippen LogP contribution in [0.4, 0.5) is 0 Å². The molecular weight excluding hydrogens is 263 g/mol. The summed E-state index contributed by atoms with van der Waals surface area (Å²) in [5.74, 6) is -0.400. The Labute approximate surface area is 95.3 Å². The molecule has 0 spiro atoms. The second-order valence-electron chi connectivity index (χ2n) is 4.25. The van der Waals surface area contributed by atoms with Crippen LogP contribution in [-0.4, -0.2) is 5.92 Å². The van der Waals surface area contributed by atoms with Gasteiger partial charge < -0.3 is 0 Å². The van der Waals surface area contributed by atoms with Crippen molar-refractivity contribution in [2.45, 2.75) is 20.3 Å². The summed E-state index contributed by atoms with van der Waals surface area (Å²) in [6.45, 7) is 5.10. The first-order chi connectivity index (χ1) is 6.79. The van der Waals surface area contributed by atoms with Crippen LogP contribution in [0.15, 0.2) is 48.6 Å². The van der Waals surface area contributed by atoms with Crippen LogP contribution in [0.25, 0.3) is 0 Å². The van der Waals surface area contributed by atoms with Crippen LogP contribution in [0, 0.1) is 0 Å². The van der Waals surface area contributed by atoms with E-state index >= 15 is 0 Å². The summed E-state index contributed by atoms with van der Waals surface area (Å²) in [6, 6.07) is 0. The van der Waals surface area contributed by atoms with Crippen LogP contribution >= 0.6 is 0 Å². The molecule has 2 aliphatic carbocycles. The van der Waals surface area contributed by atoms with Crippen molar-refractivity contribution in [3.63, 3.8) is 0 Å². The molecule has 2 rings (SSSR count). The third-order valence-electron chi connectivity index (χ3n) is 2.93. The van der Waals surface area contributed by atoms with Crippen molar-refractivity contribution in [2.24, 2.45) is 0 Å². The molecule has 0 nitrogen and oxygen atoms in total. The molecule has 0 fully saturated rings. The number of allylic oxidation sites excluding steroid dienone is 8. The minimum atomic E-state index is -1.24. The molecule has 0 N–H and O–H groups in total. The molecule has 14 heavy (non-hydrogen) atoms. The van der Waals surface area contributed by atoms with E-state index in [0.29, 0.717) is 0 Å². The molecule has 0 unspecified atom stereocenters. The van der Waals surface area contributed by atoms with E-state index in [4.69, 9.17) is 0 Å².